The van der Waals surface area contributed by atoms with Gasteiger partial charge in [-0.1, -0.05) is 0 Å². The molecule has 0 aromatic heterocycles. The lowest BCUT2D eigenvalue weighted by Crippen LogP contribution is -2.09. The van der Waals surface area contributed by atoms with Crippen molar-refractivity contribution in [1.29, 1.82) is 5.26 Å². The Morgan fingerprint density at radius 2 is 1.89 bits per heavy atom. The average molecular weight is 260 g/mol. The first kappa shape index (κ1) is 14.6. The SMILES string of the molecule is COc1ccc(C(=O)/C(C#N)=C/N(C)C)cc1OC. The molecule has 0 bridgehead atoms. The van der Waals surface area contributed by atoms with Crippen LogP contribution in [-0.4, -0.2) is 39.0 Å². The fraction of sp³-hybridized carbons (Fsp3) is 0.286. The molecule has 0 amide bonds. The van der Waals surface area contributed by atoms with Gasteiger partial charge in [0.15, 0.2) is 11.5 Å². The van der Waals surface area contributed by atoms with E-state index in [0.29, 0.717) is 17.1 Å². The summed E-state index contributed by atoms with van der Waals surface area (Å²) in [5.74, 6) is 0.641. The normalized spacial score (nSPS) is 10.6. The molecule has 5 heteroatoms. The van der Waals surface area contributed by atoms with Gasteiger partial charge in [-0.25, -0.2) is 0 Å². The van der Waals surface area contributed by atoms with Gasteiger partial charge < -0.3 is 14.4 Å². The zero-order valence-corrected chi connectivity index (χ0v) is 11.4. The number of hydrogen-bond acceptors (Lipinski definition) is 5. The van der Waals surface area contributed by atoms with E-state index in [1.54, 1.807) is 37.2 Å². The van der Waals surface area contributed by atoms with Crippen molar-refractivity contribution in [2.24, 2.45) is 0 Å². The van der Waals surface area contributed by atoms with Crippen LogP contribution in [0.4, 0.5) is 0 Å². The van der Waals surface area contributed by atoms with Crippen LogP contribution in [0.5, 0.6) is 11.5 Å². The van der Waals surface area contributed by atoms with Crippen LogP contribution in [0.25, 0.3) is 0 Å². The second-order valence-corrected chi connectivity index (χ2v) is 4.02. The minimum Gasteiger partial charge on any atom is -0.493 e. The van der Waals surface area contributed by atoms with E-state index in [2.05, 4.69) is 0 Å². The minimum absolute atomic E-state index is 0.0669. The maximum Gasteiger partial charge on any atom is 0.205 e. The molecule has 0 saturated carbocycles. The summed E-state index contributed by atoms with van der Waals surface area (Å²) < 4.78 is 10.2. The molecule has 0 N–H and O–H groups in total. The van der Waals surface area contributed by atoms with E-state index in [1.807, 2.05) is 6.07 Å². The first-order valence-electron chi connectivity index (χ1n) is 5.58. The van der Waals surface area contributed by atoms with Crippen LogP contribution in [0.1, 0.15) is 10.4 Å². The van der Waals surface area contributed by atoms with Crippen LogP contribution >= 0.6 is 0 Å². The van der Waals surface area contributed by atoms with Crippen molar-refractivity contribution in [2.45, 2.75) is 0 Å². The monoisotopic (exact) mass is 260 g/mol. The third kappa shape index (κ3) is 3.49. The number of ketones is 1. The van der Waals surface area contributed by atoms with Crippen molar-refractivity contribution in [3.05, 3.63) is 35.5 Å². The van der Waals surface area contributed by atoms with E-state index in [4.69, 9.17) is 14.7 Å². The maximum atomic E-state index is 12.2. The van der Waals surface area contributed by atoms with E-state index in [1.165, 1.54) is 20.4 Å². The molecule has 0 radical (unpaired) electrons. The molecule has 0 spiro atoms. The highest BCUT2D eigenvalue weighted by atomic mass is 16.5. The number of ether oxygens (including phenoxy) is 2. The summed E-state index contributed by atoms with van der Waals surface area (Å²) in [6, 6.07) is 6.69. The van der Waals surface area contributed by atoms with Crippen molar-refractivity contribution in [3.8, 4) is 17.6 Å². The predicted molar refractivity (Wildman–Crippen MR) is 71.3 cm³/mol. The van der Waals surface area contributed by atoms with Crippen LogP contribution in [0.15, 0.2) is 30.0 Å². The highest BCUT2D eigenvalue weighted by Gasteiger charge is 2.15. The van der Waals surface area contributed by atoms with Gasteiger partial charge in [0, 0.05) is 25.9 Å². The average Bonchev–Trinajstić information content (AvgIpc) is 2.42. The van der Waals surface area contributed by atoms with Gasteiger partial charge >= 0.3 is 0 Å². The number of Topliss-reactive ketones (excluding diaryl/α,β-unsaturated/α-hetero) is 1. The number of hydrogen-bond donors (Lipinski definition) is 0. The number of rotatable bonds is 5. The van der Waals surface area contributed by atoms with E-state index < -0.39 is 0 Å². The van der Waals surface area contributed by atoms with Crippen LogP contribution in [0, 0.1) is 11.3 Å². The number of benzene rings is 1. The molecular formula is C14H16N2O3. The summed E-state index contributed by atoms with van der Waals surface area (Å²) in [5, 5.41) is 9.01. The lowest BCUT2D eigenvalue weighted by Gasteiger charge is -2.09. The van der Waals surface area contributed by atoms with Gasteiger partial charge in [-0.2, -0.15) is 5.26 Å². The van der Waals surface area contributed by atoms with Crippen molar-refractivity contribution in [1.82, 2.24) is 4.90 Å². The summed E-state index contributed by atoms with van der Waals surface area (Å²) >= 11 is 0. The Morgan fingerprint density at radius 1 is 1.26 bits per heavy atom. The number of methoxy groups -OCH3 is 2. The van der Waals surface area contributed by atoms with Crippen LogP contribution in [0.2, 0.25) is 0 Å². The molecule has 0 aliphatic heterocycles. The first-order valence-corrected chi connectivity index (χ1v) is 5.58. The molecule has 100 valence electrons. The second kappa shape index (κ2) is 6.45. The molecule has 0 atom stereocenters. The Labute approximate surface area is 112 Å². The Morgan fingerprint density at radius 3 is 2.37 bits per heavy atom. The summed E-state index contributed by atoms with van der Waals surface area (Å²) in [5.41, 5.74) is 0.449. The second-order valence-electron chi connectivity index (χ2n) is 4.02. The zero-order chi connectivity index (χ0) is 14.4. The summed E-state index contributed by atoms with van der Waals surface area (Å²) in [6.07, 6.45) is 1.49. The van der Waals surface area contributed by atoms with Gasteiger partial charge in [0.2, 0.25) is 5.78 Å². The van der Waals surface area contributed by atoms with E-state index in [9.17, 15) is 4.79 Å². The Kier molecular flexibility index (Phi) is 4.95. The Balaban J connectivity index is 3.17. The van der Waals surface area contributed by atoms with E-state index in [0.717, 1.165) is 0 Å². The fourth-order valence-electron chi connectivity index (χ4n) is 1.53. The molecule has 0 unspecified atom stereocenters. The third-order valence-electron chi connectivity index (χ3n) is 2.40. The van der Waals surface area contributed by atoms with Crippen LogP contribution in [-0.2, 0) is 0 Å². The van der Waals surface area contributed by atoms with Gasteiger partial charge in [-0.05, 0) is 18.2 Å². The van der Waals surface area contributed by atoms with Crippen LogP contribution in [0.3, 0.4) is 0 Å². The van der Waals surface area contributed by atoms with Gasteiger partial charge in [-0.3, -0.25) is 4.79 Å². The molecule has 0 heterocycles. The van der Waals surface area contributed by atoms with Gasteiger partial charge in [0.1, 0.15) is 11.6 Å². The lowest BCUT2D eigenvalue weighted by atomic mass is 10.0. The zero-order valence-electron chi connectivity index (χ0n) is 11.4. The highest BCUT2D eigenvalue weighted by Crippen LogP contribution is 2.28. The lowest BCUT2D eigenvalue weighted by molar-refractivity contribution is 0.103. The molecule has 0 aliphatic rings. The molecule has 19 heavy (non-hydrogen) atoms. The highest BCUT2D eigenvalue weighted by molar-refractivity contribution is 6.11. The number of allylic oxidation sites excluding steroid dienone is 1. The summed E-state index contributed by atoms with van der Waals surface area (Å²) in [7, 11) is 6.51. The first-order chi connectivity index (χ1) is 9.03. The van der Waals surface area contributed by atoms with Crippen molar-refractivity contribution in [3.63, 3.8) is 0 Å². The Bertz CT molecular complexity index is 542. The standard InChI is InChI=1S/C14H16N2O3/c1-16(2)9-11(8-15)14(17)10-5-6-12(18-3)13(7-10)19-4/h5-7,9H,1-4H3/b11-9+. The number of carbonyl (C=O) groups excluding carboxylic acids is 1. The number of carbonyl (C=O) groups is 1. The topological polar surface area (TPSA) is 62.6 Å². The molecule has 0 fully saturated rings. The predicted octanol–water partition coefficient (Wildman–Crippen LogP) is 1.86. The molecular weight excluding hydrogens is 244 g/mol. The quantitative estimate of drug-likeness (QED) is 0.459. The molecule has 0 saturated heterocycles. The van der Waals surface area contributed by atoms with Crippen molar-refractivity contribution in [2.75, 3.05) is 28.3 Å². The molecule has 1 rings (SSSR count). The van der Waals surface area contributed by atoms with Crippen molar-refractivity contribution < 1.29 is 14.3 Å². The minimum atomic E-state index is -0.350. The molecule has 1 aromatic rings. The largest absolute Gasteiger partial charge is 0.493 e. The van der Waals surface area contributed by atoms with E-state index in [-0.39, 0.29) is 11.4 Å². The van der Waals surface area contributed by atoms with Crippen molar-refractivity contribution >= 4 is 5.78 Å². The fourth-order valence-corrected chi connectivity index (χ4v) is 1.53. The summed E-state index contributed by atoms with van der Waals surface area (Å²) in [4.78, 5) is 13.8. The maximum absolute atomic E-state index is 12.2. The smallest absolute Gasteiger partial charge is 0.205 e. The molecule has 0 aliphatic carbocycles. The number of nitriles is 1. The Hall–Kier alpha value is -2.48. The van der Waals surface area contributed by atoms with Crippen LogP contribution < -0.4 is 9.47 Å². The molecule has 5 nitrogen and oxygen atoms in total. The molecule has 1 aromatic carbocycles. The third-order valence-corrected chi connectivity index (χ3v) is 2.40. The van der Waals surface area contributed by atoms with Gasteiger partial charge in [0.05, 0.1) is 14.2 Å². The summed E-state index contributed by atoms with van der Waals surface area (Å²) in [6.45, 7) is 0. The van der Waals surface area contributed by atoms with E-state index >= 15 is 0 Å². The number of nitrogens with zero attached hydrogens (tertiary/aromatic N) is 2. The van der Waals surface area contributed by atoms with Gasteiger partial charge in [-0.15, -0.1) is 0 Å². The van der Waals surface area contributed by atoms with Gasteiger partial charge in [0.25, 0.3) is 0 Å².